The van der Waals surface area contributed by atoms with Crippen LogP contribution in [0.2, 0.25) is 0 Å². The Morgan fingerprint density at radius 2 is 2.04 bits per heavy atom. The highest BCUT2D eigenvalue weighted by molar-refractivity contribution is 7.09. The Morgan fingerprint density at radius 3 is 2.67 bits per heavy atom. The van der Waals surface area contributed by atoms with E-state index in [4.69, 9.17) is 4.74 Å². The number of rotatable bonds is 7. The van der Waals surface area contributed by atoms with Crippen LogP contribution in [0, 0.1) is 0 Å². The molecule has 3 aromatic rings. The number of methoxy groups -OCH3 is 1. The van der Waals surface area contributed by atoms with Crippen LogP contribution in [0.25, 0.3) is 17.5 Å². The summed E-state index contributed by atoms with van der Waals surface area (Å²) in [6.07, 6.45) is 4.96. The maximum atomic E-state index is 5.49. The third-order valence-corrected chi connectivity index (χ3v) is 5.26. The number of aromatic nitrogens is 5. The summed E-state index contributed by atoms with van der Waals surface area (Å²) in [5.74, 6) is 1.89. The second-order valence-corrected chi connectivity index (χ2v) is 7.81. The van der Waals surface area contributed by atoms with Crippen molar-refractivity contribution in [2.75, 3.05) is 7.11 Å². The lowest BCUT2D eigenvalue weighted by molar-refractivity contribution is 0.414. The summed E-state index contributed by atoms with van der Waals surface area (Å²) in [6.45, 7) is 8.38. The lowest BCUT2D eigenvalue weighted by atomic mass is 10.1. The van der Waals surface area contributed by atoms with Gasteiger partial charge in [0.05, 0.1) is 23.9 Å². The molecule has 0 fully saturated rings. The number of thiazole rings is 1. The van der Waals surface area contributed by atoms with Gasteiger partial charge in [-0.25, -0.2) is 4.98 Å². The first-order chi connectivity index (χ1) is 13.0. The van der Waals surface area contributed by atoms with Crippen LogP contribution in [-0.4, -0.2) is 32.3 Å². The van der Waals surface area contributed by atoms with E-state index in [1.807, 2.05) is 32.0 Å². The van der Waals surface area contributed by atoms with Gasteiger partial charge in [0.25, 0.3) is 0 Å². The number of nitrogens with zero attached hydrogens (tertiary/aromatic N) is 5. The van der Waals surface area contributed by atoms with E-state index in [1.54, 1.807) is 23.2 Å². The van der Waals surface area contributed by atoms with Gasteiger partial charge in [0, 0.05) is 28.8 Å². The highest BCUT2D eigenvalue weighted by Gasteiger charge is 2.10. The molecule has 0 saturated carbocycles. The molecule has 0 atom stereocenters. The first-order valence-electron chi connectivity index (χ1n) is 9.06. The molecule has 7 heteroatoms. The third-order valence-electron chi connectivity index (χ3n) is 4.07. The molecule has 2 heterocycles. The molecular weight excluding hydrogens is 358 g/mol. The molecule has 6 nitrogen and oxygen atoms in total. The van der Waals surface area contributed by atoms with Gasteiger partial charge < -0.3 is 4.74 Å². The van der Waals surface area contributed by atoms with E-state index in [-0.39, 0.29) is 6.04 Å². The van der Waals surface area contributed by atoms with Crippen LogP contribution in [0.5, 0.6) is 5.75 Å². The van der Waals surface area contributed by atoms with Crippen molar-refractivity contribution < 1.29 is 4.74 Å². The van der Waals surface area contributed by atoms with Crippen molar-refractivity contribution in [3.05, 3.63) is 45.9 Å². The lowest BCUT2D eigenvalue weighted by Crippen LogP contribution is -2.04. The lowest BCUT2D eigenvalue weighted by Gasteiger charge is -2.06. The van der Waals surface area contributed by atoms with Crippen LogP contribution in [0.3, 0.4) is 0 Å². The van der Waals surface area contributed by atoms with Gasteiger partial charge in [-0.1, -0.05) is 26.0 Å². The van der Waals surface area contributed by atoms with Gasteiger partial charge >= 0.3 is 0 Å². The van der Waals surface area contributed by atoms with Crippen LogP contribution in [-0.2, 0) is 6.42 Å². The Hall–Kier alpha value is -2.54. The smallest absolute Gasteiger partial charge is 0.204 e. The summed E-state index contributed by atoms with van der Waals surface area (Å²) < 4.78 is 5.49. The van der Waals surface area contributed by atoms with Gasteiger partial charge in [0.1, 0.15) is 5.75 Å². The maximum Gasteiger partial charge on any atom is 0.204 e. The molecule has 3 rings (SSSR count). The van der Waals surface area contributed by atoms with E-state index >= 15 is 0 Å². The topological polar surface area (TPSA) is 65.7 Å². The summed E-state index contributed by atoms with van der Waals surface area (Å²) in [7, 11) is 1.68. The Labute approximate surface area is 163 Å². The quantitative estimate of drug-likeness (QED) is 0.588. The van der Waals surface area contributed by atoms with Crippen molar-refractivity contribution in [1.82, 2.24) is 25.2 Å². The van der Waals surface area contributed by atoms with Crippen molar-refractivity contribution in [3.8, 4) is 17.1 Å². The molecular formula is C20H25N5OS. The van der Waals surface area contributed by atoms with E-state index in [1.165, 1.54) is 5.01 Å². The average molecular weight is 384 g/mol. The number of hydrogen-bond donors (Lipinski definition) is 0. The third kappa shape index (κ3) is 4.60. The van der Waals surface area contributed by atoms with Crippen molar-refractivity contribution in [1.29, 1.82) is 0 Å². The number of hydrogen-bond acceptors (Lipinski definition) is 6. The zero-order valence-electron chi connectivity index (χ0n) is 16.4. The van der Waals surface area contributed by atoms with Crippen molar-refractivity contribution in [2.24, 2.45) is 0 Å². The van der Waals surface area contributed by atoms with Gasteiger partial charge in [-0.15, -0.1) is 21.5 Å². The number of ether oxygens (including phenoxy) is 1. The van der Waals surface area contributed by atoms with E-state index in [2.05, 4.69) is 51.8 Å². The minimum absolute atomic E-state index is 0.178. The average Bonchev–Trinajstić information content (AvgIpc) is 3.31. The molecule has 0 aliphatic heterocycles. The highest BCUT2D eigenvalue weighted by atomic mass is 32.1. The van der Waals surface area contributed by atoms with Gasteiger partial charge in [0.2, 0.25) is 5.82 Å². The molecule has 0 aliphatic carbocycles. The predicted molar refractivity (Wildman–Crippen MR) is 109 cm³/mol. The number of allylic oxidation sites excluding steroid dienone is 1. The zero-order valence-corrected chi connectivity index (χ0v) is 17.2. The highest BCUT2D eigenvalue weighted by Crippen LogP contribution is 2.26. The second-order valence-electron chi connectivity index (χ2n) is 6.92. The van der Waals surface area contributed by atoms with E-state index in [0.29, 0.717) is 11.7 Å². The fourth-order valence-corrected chi connectivity index (χ4v) is 3.40. The SMILES string of the molecule is COc1ccc(-c2nnn(C(C)C)n2)cc1C=CCc1csc(C(C)C)n1. The molecule has 0 N–H and O–H groups in total. The Balaban J connectivity index is 1.80. The van der Waals surface area contributed by atoms with Crippen LogP contribution in [0.4, 0.5) is 0 Å². The molecule has 142 valence electrons. The van der Waals surface area contributed by atoms with E-state index in [9.17, 15) is 0 Å². The summed E-state index contributed by atoms with van der Waals surface area (Å²) >= 11 is 1.72. The van der Waals surface area contributed by atoms with E-state index in [0.717, 1.165) is 29.0 Å². The van der Waals surface area contributed by atoms with E-state index < -0.39 is 0 Å². The van der Waals surface area contributed by atoms with Crippen LogP contribution in [0.1, 0.15) is 55.9 Å². The second kappa shape index (κ2) is 8.43. The molecule has 0 saturated heterocycles. The first-order valence-corrected chi connectivity index (χ1v) is 9.94. The zero-order chi connectivity index (χ0) is 19.4. The number of benzene rings is 1. The van der Waals surface area contributed by atoms with Crippen molar-refractivity contribution in [3.63, 3.8) is 0 Å². The summed E-state index contributed by atoms with van der Waals surface area (Å²) in [6, 6.07) is 6.09. The molecule has 1 aromatic carbocycles. The Bertz CT molecular complexity index is 926. The van der Waals surface area contributed by atoms with Crippen LogP contribution < -0.4 is 4.74 Å². The van der Waals surface area contributed by atoms with Crippen molar-refractivity contribution >= 4 is 17.4 Å². The molecule has 2 aromatic heterocycles. The molecule has 0 spiro atoms. The standard InChI is InChI=1S/C20H25N5OS/c1-13(2)20-21-17(12-27-20)8-6-7-15-11-16(9-10-18(15)26-5)19-22-24-25(23-19)14(3)4/h6-7,9-14H,8H2,1-5H3. The minimum Gasteiger partial charge on any atom is -0.496 e. The van der Waals surface area contributed by atoms with Gasteiger partial charge in [-0.3, -0.25) is 0 Å². The number of tetrazole rings is 1. The Morgan fingerprint density at radius 1 is 1.22 bits per heavy atom. The molecule has 0 unspecified atom stereocenters. The molecule has 27 heavy (non-hydrogen) atoms. The van der Waals surface area contributed by atoms with Gasteiger partial charge in [-0.2, -0.15) is 4.80 Å². The molecule has 0 bridgehead atoms. The Kier molecular flexibility index (Phi) is 6.01. The fourth-order valence-electron chi connectivity index (χ4n) is 2.55. The molecule has 0 aliphatic rings. The first kappa shape index (κ1) is 19.2. The fraction of sp³-hybridized carbons (Fsp3) is 0.400. The summed E-state index contributed by atoms with van der Waals surface area (Å²) in [5.41, 5.74) is 2.99. The molecule has 0 amide bonds. The minimum atomic E-state index is 0.178. The summed E-state index contributed by atoms with van der Waals surface area (Å²) in [5, 5.41) is 16.0. The summed E-state index contributed by atoms with van der Waals surface area (Å²) in [4.78, 5) is 6.29. The normalized spacial score (nSPS) is 11.8. The van der Waals surface area contributed by atoms with Gasteiger partial charge in [-0.05, 0) is 37.3 Å². The van der Waals surface area contributed by atoms with Crippen molar-refractivity contribution in [2.45, 2.75) is 46.1 Å². The maximum absolute atomic E-state index is 5.49. The molecule has 0 radical (unpaired) electrons. The van der Waals surface area contributed by atoms with Crippen LogP contribution in [0.15, 0.2) is 29.7 Å². The monoisotopic (exact) mass is 383 g/mol. The van der Waals surface area contributed by atoms with Crippen LogP contribution >= 0.6 is 11.3 Å². The largest absolute Gasteiger partial charge is 0.496 e. The van der Waals surface area contributed by atoms with Gasteiger partial charge in [0.15, 0.2) is 0 Å². The predicted octanol–water partition coefficient (Wildman–Crippen LogP) is 4.77.